The lowest BCUT2D eigenvalue weighted by atomic mass is 9.97. The average Bonchev–Trinajstić information content (AvgIpc) is 3.25. The number of methoxy groups -OCH3 is 1. The standard InChI is InChI=1S/C28H32N2O4/c1-17(16-34-26-14-22(29-4)19(3)13-25(26)33-5)9-10-27(32)30-12-11-20-23(30)15-24(31)21-8-6-7-18(2)28(20)21/h6-8,13-15,29,31H,1,9-12,16H2,2-5H3. The van der Waals surface area contributed by atoms with Gasteiger partial charge in [0.1, 0.15) is 12.4 Å². The second-order valence-electron chi connectivity index (χ2n) is 8.79. The molecule has 0 aromatic heterocycles. The number of phenolic OH excluding ortho intramolecular Hbond substituents is 1. The number of aryl methyl sites for hydroxylation is 2. The third-order valence-corrected chi connectivity index (χ3v) is 6.51. The quantitative estimate of drug-likeness (QED) is 0.433. The van der Waals surface area contributed by atoms with Crippen LogP contribution in [-0.2, 0) is 11.2 Å². The van der Waals surface area contributed by atoms with Gasteiger partial charge in [-0.25, -0.2) is 0 Å². The number of rotatable bonds is 8. The van der Waals surface area contributed by atoms with E-state index in [-0.39, 0.29) is 11.7 Å². The summed E-state index contributed by atoms with van der Waals surface area (Å²) in [7, 11) is 3.48. The summed E-state index contributed by atoms with van der Waals surface area (Å²) in [4.78, 5) is 14.9. The van der Waals surface area contributed by atoms with Gasteiger partial charge >= 0.3 is 0 Å². The Kier molecular flexibility index (Phi) is 6.68. The summed E-state index contributed by atoms with van der Waals surface area (Å²) < 4.78 is 11.4. The zero-order valence-corrected chi connectivity index (χ0v) is 20.3. The molecule has 4 rings (SSSR count). The Labute approximate surface area is 200 Å². The van der Waals surface area contributed by atoms with Crippen LogP contribution in [0.2, 0.25) is 0 Å². The van der Waals surface area contributed by atoms with E-state index >= 15 is 0 Å². The Bertz CT molecular complexity index is 1270. The number of fused-ring (bicyclic) bond motifs is 3. The molecule has 1 heterocycles. The first-order valence-electron chi connectivity index (χ1n) is 11.5. The lowest BCUT2D eigenvalue weighted by molar-refractivity contribution is -0.118. The molecule has 0 saturated heterocycles. The number of carbonyl (C=O) groups excluding carboxylic acids is 1. The number of hydrogen-bond acceptors (Lipinski definition) is 5. The van der Waals surface area contributed by atoms with Gasteiger partial charge in [-0.2, -0.15) is 0 Å². The summed E-state index contributed by atoms with van der Waals surface area (Å²) in [5.41, 5.74) is 5.92. The molecule has 3 aromatic rings. The molecule has 6 heteroatoms. The van der Waals surface area contributed by atoms with Crippen molar-refractivity contribution in [3.8, 4) is 17.2 Å². The van der Waals surface area contributed by atoms with Gasteiger partial charge in [0.15, 0.2) is 11.5 Å². The summed E-state index contributed by atoms with van der Waals surface area (Å²) in [6.07, 6.45) is 1.64. The molecule has 178 valence electrons. The van der Waals surface area contributed by atoms with Gasteiger partial charge in [-0.3, -0.25) is 4.79 Å². The van der Waals surface area contributed by atoms with Gasteiger partial charge in [-0.05, 0) is 60.4 Å². The van der Waals surface area contributed by atoms with E-state index < -0.39 is 0 Å². The van der Waals surface area contributed by atoms with Crippen LogP contribution >= 0.6 is 0 Å². The normalized spacial score (nSPS) is 12.5. The smallest absolute Gasteiger partial charge is 0.227 e. The molecule has 2 N–H and O–H groups in total. The van der Waals surface area contributed by atoms with Crippen LogP contribution in [0.15, 0.2) is 48.6 Å². The van der Waals surface area contributed by atoms with Gasteiger partial charge in [-0.1, -0.05) is 24.8 Å². The zero-order valence-electron chi connectivity index (χ0n) is 20.3. The van der Waals surface area contributed by atoms with Crippen molar-refractivity contribution in [2.24, 2.45) is 0 Å². The maximum Gasteiger partial charge on any atom is 0.227 e. The van der Waals surface area contributed by atoms with Gasteiger partial charge in [-0.15, -0.1) is 0 Å². The average molecular weight is 461 g/mol. The summed E-state index contributed by atoms with van der Waals surface area (Å²) in [6, 6.07) is 11.5. The highest BCUT2D eigenvalue weighted by atomic mass is 16.5. The number of anilines is 2. The molecular formula is C28H32N2O4. The van der Waals surface area contributed by atoms with E-state index in [2.05, 4.69) is 11.9 Å². The van der Waals surface area contributed by atoms with E-state index in [0.717, 1.165) is 50.8 Å². The topological polar surface area (TPSA) is 71.0 Å². The van der Waals surface area contributed by atoms with Crippen LogP contribution in [0.25, 0.3) is 10.8 Å². The SMILES string of the molecule is C=C(CCC(=O)N1CCc2c1cc(O)c1cccc(C)c21)COc1cc(NC)c(C)cc1OC. The van der Waals surface area contributed by atoms with Crippen molar-refractivity contribution in [3.63, 3.8) is 0 Å². The maximum atomic E-state index is 13.1. The van der Waals surface area contributed by atoms with Crippen molar-refractivity contribution in [3.05, 3.63) is 65.2 Å². The number of carbonyl (C=O) groups is 1. The highest BCUT2D eigenvalue weighted by molar-refractivity contribution is 6.04. The van der Waals surface area contributed by atoms with Gasteiger partial charge < -0.3 is 24.8 Å². The largest absolute Gasteiger partial charge is 0.507 e. The van der Waals surface area contributed by atoms with E-state index in [4.69, 9.17) is 9.47 Å². The predicted molar refractivity (Wildman–Crippen MR) is 138 cm³/mol. The fourth-order valence-electron chi connectivity index (χ4n) is 4.68. The molecule has 6 nitrogen and oxygen atoms in total. The number of hydrogen-bond donors (Lipinski definition) is 2. The number of benzene rings is 3. The summed E-state index contributed by atoms with van der Waals surface area (Å²) in [5.74, 6) is 1.54. The van der Waals surface area contributed by atoms with Gasteiger partial charge in [0.25, 0.3) is 0 Å². The fourth-order valence-corrected chi connectivity index (χ4v) is 4.68. The van der Waals surface area contributed by atoms with Crippen molar-refractivity contribution in [2.75, 3.05) is 37.5 Å². The van der Waals surface area contributed by atoms with Crippen LogP contribution in [0, 0.1) is 13.8 Å². The lowest BCUT2D eigenvalue weighted by Gasteiger charge is -2.19. The minimum absolute atomic E-state index is 0.0256. The van der Waals surface area contributed by atoms with Crippen molar-refractivity contribution in [1.82, 2.24) is 0 Å². The first-order chi connectivity index (χ1) is 16.3. The Morgan fingerprint density at radius 3 is 2.68 bits per heavy atom. The monoisotopic (exact) mass is 460 g/mol. The molecule has 3 aromatic carbocycles. The fraction of sp³-hybridized carbons (Fsp3) is 0.321. The van der Waals surface area contributed by atoms with E-state index in [1.54, 1.807) is 18.1 Å². The minimum Gasteiger partial charge on any atom is -0.507 e. The van der Waals surface area contributed by atoms with E-state index in [1.807, 2.05) is 51.2 Å². The molecule has 34 heavy (non-hydrogen) atoms. The first kappa shape index (κ1) is 23.5. The number of amides is 1. The number of phenols is 1. The molecule has 1 aliphatic heterocycles. The molecular weight excluding hydrogens is 428 g/mol. The molecule has 0 bridgehead atoms. The van der Waals surface area contributed by atoms with Gasteiger partial charge in [0.05, 0.1) is 12.8 Å². The molecule has 1 aliphatic rings. The molecule has 0 fully saturated rings. The Morgan fingerprint density at radius 1 is 1.15 bits per heavy atom. The van der Waals surface area contributed by atoms with Crippen molar-refractivity contribution in [1.29, 1.82) is 0 Å². The molecule has 0 atom stereocenters. The first-order valence-corrected chi connectivity index (χ1v) is 11.5. The highest BCUT2D eigenvalue weighted by Gasteiger charge is 2.28. The van der Waals surface area contributed by atoms with E-state index in [0.29, 0.717) is 37.5 Å². The molecule has 1 amide bonds. The van der Waals surface area contributed by atoms with Gasteiger partial charge in [0.2, 0.25) is 5.91 Å². The van der Waals surface area contributed by atoms with E-state index in [9.17, 15) is 9.90 Å². The number of aromatic hydroxyl groups is 1. The van der Waals surface area contributed by atoms with Crippen LogP contribution in [0.5, 0.6) is 17.2 Å². The van der Waals surface area contributed by atoms with Crippen molar-refractivity contribution < 1.29 is 19.4 Å². The molecule has 0 radical (unpaired) electrons. The zero-order chi connectivity index (χ0) is 24.4. The number of nitrogens with one attached hydrogen (secondary N) is 1. The van der Waals surface area contributed by atoms with Crippen LogP contribution in [0.4, 0.5) is 11.4 Å². The summed E-state index contributed by atoms with van der Waals surface area (Å²) >= 11 is 0. The number of nitrogens with zero attached hydrogens (tertiary/aromatic N) is 1. The van der Waals surface area contributed by atoms with Crippen molar-refractivity contribution >= 4 is 28.1 Å². The van der Waals surface area contributed by atoms with Crippen molar-refractivity contribution in [2.45, 2.75) is 33.1 Å². The maximum absolute atomic E-state index is 13.1. The Hall–Kier alpha value is -3.67. The second-order valence-corrected chi connectivity index (χ2v) is 8.79. The lowest BCUT2D eigenvalue weighted by Crippen LogP contribution is -2.28. The van der Waals surface area contributed by atoms with E-state index in [1.165, 1.54) is 0 Å². The highest BCUT2D eigenvalue weighted by Crippen LogP contribution is 2.41. The molecule has 0 spiro atoms. The molecule has 0 saturated carbocycles. The van der Waals surface area contributed by atoms with Crippen LogP contribution < -0.4 is 19.7 Å². The van der Waals surface area contributed by atoms with Crippen LogP contribution in [-0.4, -0.2) is 38.3 Å². The minimum atomic E-state index is 0.0256. The predicted octanol–water partition coefficient (Wildman–Crippen LogP) is 5.52. The summed E-state index contributed by atoms with van der Waals surface area (Å²) in [6.45, 7) is 9.07. The second kappa shape index (κ2) is 9.67. The molecule has 0 unspecified atom stereocenters. The van der Waals surface area contributed by atoms with Crippen LogP contribution in [0.3, 0.4) is 0 Å². The third-order valence-electron chi connectivity index (χ3n) is 6.51. The Balaban J connectivity index is 1.41. The number of ether oxygens (including phenoxy) is 2. The van der Waals surface area contributed by atoms with Gasteiger partial charge in [0, 0.05) is 43.2 Å². The Morgan fingerprint density at radius 2 is 1.94 bits per heavy atom. The summed E-state index contributed by atoms with van der Waals surface area (Å²) in [5, 5.41) is 15.6. The molecule has 0 aliphatic carbocycles. The third kappa shape index (κ3) is 4.40. The van der Waals surface area contributed by atoms with Crippen LogP contribution in [0.1, 0.15) is 29.5 Å².